The molecule has 2 rings (SSSR count). The van der Waals surface area contributed by atoms with Crippen LogP contribution in [0.3, 0.4) is 0 Å². The highest BCUT2D eigenvalue weighted by Crippen LogP contribution is 2.11. The minimum absolute atomic E-state index is 1.20. The third-order valence-electron chi connectivity index (χ3n) is 4.21. The summed E-state index contributed by atoms with van der Waals surface area (Å²) < 4.78 is 0. The zero-order chi connectivity index (χ0) is 16.7. The highest BCUT2D eigenvalue weighted by Gasteiger charge is 1.91. The van der Waals surface area contributed by atoms with E-state index in [2.05, 4.69) is 85.0 Å². The molecule has 0 atom stereocenters. The van der Waals surface area contributed by atoms with Crippen molar-refractivity contribution in [1.29, 1.82) is 0 Å². The maximum Gasteiger partial charge on any atom is -0.0260 e. The maximum absolute atomic E-state index is 2.31. The van der Waals surface area contributed by atoms with Gasteiger partial charge in [-0.25, -0.2) is 0 Å². The lowest BCUT2D eigenvalue weighted by molar-refractivity contribution is 0.600. The fourth-order valence-electron chi connectivity index (χ4n) is 2.80. The van der Waals surface area contributed by atoms with Crippen LogP contribution in [0.4, 0.5) is 0 Å². The van der Waals surface area contributed by atoms with Crippen LogP contribution < -0.4 is 0 Å². The summed E-state index contributed by atoms with van der Waals surface area (Å²) in [6.45, 7) is 0. The summed E-state index contributed by atoms with van der Waals surface area (Å²) in [4.78, 5) is 0. The minimum atomic E-state index is 1.20. The lowest BCUT2D eigenvalue weighted by atomic mass is 10.1. The standard InChI is InChI=1S/C24H30/c1(3-5-7-11-17-23-19-13-9-14-20-23)2-4-6-8-12-18-24-21-15-10-16-22-24/h9-22H,1-8H2. The first-order chi connectivity index (χ1) is 11.9. The summed E-state index contributed by atoms with van der Waals surface area (Å²) in [7, 11) is 0. The van der Waals surface area contributed by atoms with Crippen molar-refractivity contribution < 1.29 is 0 Å². The van der Waals surface area contributed by atoms with Crippen LogP contribution in [0.15, 0.2) is 72.8 Å². The molecule has 0 unspecified atom stereocenters. The van der Waals surface area contributed by atoms with Crippen LogP contribution in [-0.4, -0.2) is 0 Å². The predicted molar refractivity (Wildman–Crippen MR) is 108 cm³/mol. The van der Waals surface area contributed by atoms with Crippen LogP contribution in [0.1, 0.15) is 62.5 Å². The van der Waals surface area contributed by atoms with Crippen molar-refractivity contribution in [1.82, 2.24) is 0 Å². The van der Waals surface area contributed by atoms with Crippen LogP contribution in [0.25, 0.3) is 12.2 Å². The molecule has 0 saturated heterocycles. The SMILES string of the molecule is C(=Cc1ccccc1)CCCCCCCCC=Cc1ccccc1. The quantitative estimate of drug-likeness (QED) is 0.375. The Hall–Kier alpha value is -2.08. The van der Waals surface area contributed by atoms with Crippen molar-refractivity contribution in [2.24, 2.45) is 0 Å². The molecule has 0 nitrogen and oxygen atoms in total. The zero-order valence-corrected chi connectivity index (χ0v) is 14.7. The van der Waals surface area contributed by atoms with Crippen molar-refractivity contribution in [3.8, 4) is 0 Å². The molecule has 0 aliphatic rings. The van der Waals surface area contributed by atoms with Gasteiger partial charge in [-0.3, -0.25) is 0 Å². The normalized spacial score (nSPS) is 11.5. The fraction of sp³-hybridized carbons (Fsp3) is 0.333. The Balaban J connectivity index is 1.40. The average molecular weight is 319 g/mol. The Bertz CT molecular complexity index is 522. The largest absolute Gasteiger partial charge is 0.0839 e. The van der Waals surface area contributed by atoms with Gasteiger partial charge < -0.3 is 0 Å². The van der Waals surface area contributed by atoms with E-state index in [9.17, 15) is 0 Å². The smallest absolute Gasteiger partial charge is 0.0260 e. The number of hydrogen-bond acceptors (Lipinski definition) is 0. The van der Waals surface area contributed by atoms with Crippen LogP contribution in [0, 0.1) is 0 Å². The van der Waals surface area contributed by atoms with E-state index in [-0.39, 0.29) is 0 Å². The molecule has 0 fully saturated rings. The number of allylic oxidation sites excluding steroid dienone is 2. The Morgan fingerprint density at radius 3 is 1.25 bits per heavy atom. The summed E-state index contributed by atoms with van der Waals surface area (Å²) in [5.74, 6) is 0. The molecular weight excluding hydrogens is 288 g/mol. The fourth-order valence-corrected chi connectivity index (χ4v) is 2.80. The number of rotatable bonds is 11. The summed E-state index contributed by atoms with van der Waals surface area (Å²) in [6, 6.07) is 21.1. The van der Waals surface area contributed by atoms with Crippen molar-refractivity contribution in [3.05, 3.63) is 83.9 Å². The van der Waals surface area contributed by atoms with E-state index in [0.717, 1.165) is 0 Å². The Morgan fingerprint density at radius 2 is 0.833 bits per heavy atom. The van der Waals surface area contributed by atoms with Crippen LogP contribution in [-0.2, 0) is 0 Å². The van der Waals surface area contributed by atoms with Crippen LogP contribution in [0.5, 0.6) is 0 Å². The molecule has 0 bridgehead atoms. The molecule has 24 heavy (non-hydrogen) atoms. The van der Waals surface area contributed by atoms with Gasteiger partial charge in [0, 0.05) is 0 Å². The highest BCUT2D eigenvalue weighted by molar-refractivity contribution is 5.49. The third-order valence-corrected chi connectivity index (χ3v) is 4.21. The number of benzene rings is 2. The van der Waals surface area contributed by atoms with E-state index in [4.69, 9.17) is 0 Å². The van der Waals surface area contributed by atoms with E-state index < -0.39 is 0 Å². The van der Waals surface area contributed by atoms with Crippen molar-refractivity contribution in [2.45, 2.75) is 51.4 Å². The van der Waals surface area contributed by atoms with Gasteiger partial charge in [0.2, 0.25) is 0 Å². The van der Waals surface area contributed by atoms with Crippen LogP contribution in [0.2, 0.25) is 0 Å². The Morgan fingerprint density at radius 1 is 0.458 bits per heavy atom. The maximum atomic E-state index is 2.31. The second-order valence-electron chi connectivity index (χ2n) is 6.32. The van der Waals surface area contributed by atoms with E-state index >= 15 is 0 Å². The first-order valence-corrected chi connectivity index (χ1v) is 9.38. The molecule has 0 aromatic heterocycles. The van der Waals surface area contributed by atoms with E-state index in [1.54, 1.807) is 0 Å². The van der Waals surface area contributed by atoms with Gasteiger partial charge in [0.05, 0.1) is 0 Å². The molecule has 0 amide bonds. The monoisotopic (exact) mass is 318 g/mol. The van der Waals surface area contributed by atoms with E-state index in [0.29, 0.717) is 0 Å². The summed E-state index contributed by atoms with van der Waals surface area (Å²) in [6.07, 6.45) is 19.6. The van der Waals surface area contributed by atoms with Gasteiger partial charge >= 0.3 is 0 Å². The minimum Gasteiger partial charge on any atom is -0.0839 e. The molecule has 0 aliphatic heterocycles. The van der Waals surface area contributed by atoms with Gasteiger partial charge in [-0.2, -0.15) is 0 Å². The molecule has 0 heterocycles. The zero-order valence-electron chi connectivity index (χ0n) is 14.7. The first-order valence-electron chi connectivity index (χ1n) is 9.38. The second-order valence-corrected chi connectivity index (χ2v) is 6.32. The van der Waals surface area contributed by atoms with Gasteiger partial charge in [0.25, 0.3) is 0 Å². The molecule has 0 radical (unpaired) electrons. The summed E-state index contributed by atoms with van der Waals surface area (Å²) in [5.41, 5.74) is 2.61. The topological polar surface area (TPSA) is 0 Å². The lowest BCUT2D eigenvalue weighted by Gasteiger charge is -1.99. The lowest BCUT2D eigenvalue weighted by Crippen LogP contribution is -1.79. The van der Waals surface area contributed by atoms with E-state index in [1.807, 2.05) is 0 Å². The van der Waals surface area contributed by atoms with Crippen molar-refractivity contribution in [2.75, 3.05) is 0 Å². The molecule has 0 N–H and O–H groups in total. The van der Waals surface area contributed by atoms with Gasteiger partial charge in [0.1, 0.15) is 0 Å². The van der Waals surface area contributed by atoms with Gasteiger partial charge in [-0.05, 0) is 36.8 Å². The molecule has 126 valence electrons. The molecule has 0 saturated carbocycles. The van der Waals surface area contributed by atoms with Crippen molar-refractivity contribution in [3.63, 3.8) is 0 Å². The van der Waals surface area contributed by atoms with Crippen molar-refractivity contribution >= 4 is 12.2 Å². The second kappa shape index (κ2) is 12.4. The number of unbranched alkanes of at least 4 members (excludes halogenated alkanes) is 7. The van der Waals surface area contributed by atoms with Crippen LogP contribution >= 0.6 is 0 Å². The molecule has 0 spiro atoms. The Kier molecular flexibility index (Phi) is 9.40. The average Bonchev–Trinajstić information content (AvgIpc) is 2.64. The summed E-state index contributed by atoms with van der Waals surface area (Å²) in [5, 5.41) is 0. The molecule has 2 aromatic carbocycles. The molecule has 0 heteroatoms. The van der Waals surface area contributed by atoms with Gasteiger partial charge in [-0.15, -0.1) is 0 Å². The van der Waals surface area contributed by atoms with Gasteiger partial charge in [0.15, 0.2) is 0 Å². The highest BCUT2D eigenvalue weighted by atomic mass is 14.0. The predicted octanol–water partition coefficient (Wildman–Crippen LogP) is 7.53. The third kappa shape index (κ3) is 8.53. The number of hydrogen-bond donors (Lipinski definition) is 0. The van der Waals surface area contributed by atoms with E-state index in [1.165, 1.54) is 62.5 Å². The molecule has 0 aliphatic carbocycles. The van der Waals surface area contributed by atoms with Gasteiger partial charge in [-0.1, -0.05) is 111 Å². The summed E-state index contributed by atoms with van der Waals surface area (Å²) >= 11 is 0. The Labute approximate surface area is 147 Å². The molecule has 2 aromatic rings. The first kappa shape index (κ1) is 18.3. The molecular formula is C24H30.